The third-order valence-electron chi connectivity index (χ3n) is 4.66. The number of hydrogen-bond acceptors (Lipinski definition) is 6. The molecule has 1 aromatic carbocycles. The second kappa shape index (κ2) is 8.43. The van der Waals surface area contributed by atoms with Crippen LogP contribution in [-0.2, 0) is 11.3 Å². The fourth-order valence-electron chi connectivity index (χ4n) is 3.02. The molecule has 2 aromatic heterocycles. The van der Waals surface area contributed by atoms with Crippen LogP contribution in [0.2, 0.25) is 5.02 Å². The van der Waals surface area contributed by atoms with Gasteiger partial charge in [0.15, 0.2) is 0 Å². The summed E-state index contributed by atoms with van der Waals surface area (Å²) < 4.78 is 5.08. The molecule has 1 atom stereocenters. The lowest BCUT2D eigenvalue weighted by molar-refractivity contribution is 0.0531. The van der Waals surface area contributed by atoms with Gasteiger partial charge < -0.3 is 9.72 Å². The largest absolute Gasteiger partial charge is 0.462 e. The minimum atomic E-state index is -0.421. The van der Waals surface area contributed by atoms with Gasteiger partial charge in [-0.2, -0.15) is 0 Å². The summed E-state index contributed by atoms with van der Waals surface area (Å²) in [7, 11) is 1.96. The minimum Gasteiger partial charge on any atom is -0.462 e. The van der Waals surface area contributed by atoms with Crippen LogP contribution in [0.15, 0.2) is 29.1 Å². The summed E-state index contributed by atoms with van der Waals surface area (Å²) in [5, 5.41) is 1.13. The molecule has 0 amide bonds. The van der Waals surface area contributed by atoms with Gasteiger partial charge in [0.05, 0.1) is 18.0 Å². The molecule has 1 N–H and O–H groups in total. The highest BCUT2D eigenvalue weighted by atomic mass is 35.5. The Bertz CT molecular complexity index is 1080. The van der Waals surface area contributed by atoms with Crippen molar-refractivity contribution >= 4 is 39.1 Å². The van der Waals surface area contributed by atoms with Crippen LogP contribution in [0, 0.1) is 6.92 Å². The summed E-state index contributed by atoms with van der Waals surface area (Å²) in [6.07, 6.45) is 0. The van der Waals surface area contributed by atoms with Gasteiger partial charge in [0.1, 0.15) is 15.5 Å². The Balaban J connectivity index is 1.92. The highest BCUT2D eigenvalue weighted by molar-refractivity contribution is 7.20. The number of nitrogens with one attached hydrogen (secondary N) is 1. The van der Waals surface area contributed by atoms with E-state index < -0.39 is 5.97 Å². The number of aromatic nitrogens is 2. The number of fused-ring (bicyclic) bond motifs is 1. The topological polar surface area (TPSA) is 75.3 Å². The molecule has 3 rings (SSSR count). The Hall–Kier alpha value is -2.22. The minimum absolute atomic E-state index is 0.135. The van der Waals surface area contributed by atoms with Crippen molar-refractivity contribution in [1.29, 1.82) is 0 Å². The molecule has 0 aliphatic rings. The fourth-order valence-corrected chi connectivity index (χ4v) is 4.31. The highest BCUT2D eigenvalue weighted by Gasteiger charge is 2.22. The van der Waals surface area contributed by atoms with Crippen LogP contribution in [0.4, 0.5) is 0 Å². The van der Waals surface area contributed by atoms with E-state index in [0.29, 0.717) is 38.0 Å². The Morgan fingerprint density at radius 3 is 2.86 bits per heavy atom. The SMILES string of the molecule is CCOC(=O)c1sc2nc([C@@H](C)N(C)Cc3cccc(Cl)c3)[nH]c(=O)c2c1C. The zero-order valence-electron chi connectivity index (χ0n) is 16.2. The molecule has 0 unspecified atom stereocenters. The van der Waals surface area contributed by atoms with Gasteiger partial charge in [-0.3, -0.25) is 9.69 Å². The molecule has 28 heavy (non-hydrogen) atoms. The second-order valence-corrected chi connectivity index (χ2v) is 8.06. The number of ether oxygens (including phenoxy) is 1. The number of carbonyl (C=O) groups is 1. The predicted molar refractivity (Wildman–Crippen MR) is 112 cm³/mol. The average molecular weight is 420 g/mol. The summed E-state index contributed by atoms with van der Waals surface area (Å²) in [5.74, 6) is 0.133. The standard InChI is InChI=1S/C20H22ClN3O3S/c1-5-27-20(26)16-11(2)15-18(25)22-17(23-19(15)28-16)12(3)24(4)10-13-7-6-8-14(21)9-13/h6-9,12H,5,10H2,1-4H3,(H,22,23,25)/t12-/m1/s1. The smallest absolute Gasteiger partial charge is 0.348 e. The van der Waals surface area contributed by atoms with Crippen molar-refractivity contribution in [3.63, 3.8) is 0 Å². The lowest BCUT2D eigenvalue weighted by Gasteiger charge is -2.24. The molecular formula is C20H22ClN3O3S. The van der Waals surface area contributed by atoms with E-state index in [4.69, 9.17) is 16.3 Å². The molecule has 148 valence electrons. The molecule has 0 saturated carbocycles. The monoisotopic (exact) mass is 419 g/mol. The number of aryl methyl sites for hydroxylation is 1. The molecular weight excluding hydrogens is 398 g/mol. The van der Waals surface area contributed by atoms with E-state index in [-0.39, 0.29) is 18.2 Å². The van der Waals surface area contributed by atoms with Crippen molar-refractivity contribution in [2.75, 3.05) is 13.7 Å². The Kier molecular flexibility index (Phi) is 6.17. The fraction of sp³-hybridized carbons (Fsp3) is 0.350. The van der Waals surface area contributed by atoms with Crippen molar-refractivity contribution in [3.05, 3.63) is 61.5 Å². The Morgan fingerprint density at radius 2 is 2.18 bits per heavy atom. The summed E-state index contributed by atoms with van der Waals surface area (Å²) in [4.78, 5) is 35.3. The number of esters is 1. The summed E-state index contributed by atoms with van der Waals surface area (Å²) >= 11 is 7.26. The number of aromatic amines is 1. The van der Waals surface area contributed by atoms with Gasteiger partial charge in [0.2, 0.25) is 0 Å². The van der Waals surface area contributed by atoms with Crippen molar-refractivity contribution in [3.8, 4) is 0 Å². The molecule has 0 bridgehead atoms. The average Bonchev–Trinajstić information content (AvgIpc) is 2.98. The van der Waals surface area contributed by atoms with E-state index in [0.717, 1.165) is 5.56 Å². The molecule has 0 spiro atoms. The van der Waals surface area contributed by atoms with Gasteiger partial charge in [-0.25, -0.2) is 9.78 Å². The van der Waals surface area contributed by atoms with Crippen LogP contribution < -0.4 is 5.56 Å². The van der Waals surface area contributed by atoms with Gasteiger partial charge >= 0.3 is 5.97 Å². The van der Waals surface area contributed by atoms with Gasteiger partial charge in [-0.15, -0.1) is 11.3 Å². The van der Waals surface area contributed by atoms with Crippen LogP contribution in [0.3, 0.4) is 0 Å². The normalized spacial score (nSPS) is 12.5. The third kappa shape index (κ3) is 4.11. The third-order valence-corrected chi connectivity index (χ3v) is 6.06. The summed E-state index contributed by atoms with van der Waals surface area (Å²) in [5.41, 5.74) is 1.44. The van der Waals surface area contributed by atoms with Gasteiger partial charge in [0, 0.05) is 11.6 Å². The predicted octanol–water partition coefficient (Wildman–Crippen LogP) is 4.32. The van der Waals surface area contributed by atoms with E-state index in [1.54, 1.807) is 13.8 Å². The molecule has 0 saturated heterocycles. The second-order valence-electron chi connectivity index (χ2n) is 6.63. The Labute approximate surface area is 172 Å². The van der Waals surface area contributed by atoms with Crippen molar-refractivity contribution in [1.82, 2.24) is 14.9 Å². The number of rotatable bonds is 6. The zero-order valence-corrected chi connectivity index (χ0v) is 17.8. The number of halogens is 1. The molecule has 8 heteroatoms. The first-order chi connectivity index (χ1) is 13.3. The molecule has 6 nitrogen and oxygen atoms in total. The van der Waals surface area contributed by atoms with Crippen molar-refractivity contribution in [2.45, 2.75) is 33.4 Å². The van der Waals surface area contributed by atoms with Crippen LogP contribution in [0.5, 0.6) is 0 Å². The number of thiophene rings is 1. The van der Waals surface area contributed by atoms with E-state index in [1.807, 2.05) is 38.2 Å². The van der Waals surface area contributed by atoms with Gasteiger partial charge in [-0.05, 0) is 51.1 Å². The van der Waals surface area contributed by atoms with E-state index in [2.05, 4.69) is 14.9 Å². The summed E-state index contributed by atoms with van der Waals surface area (Å²) in [6.45, 7) is 6.41. The number of H-pyrrole nitrogens is 1. The first-order valence-corrected chi connectivity index (χ1v) is 10.2. The quantitative estimate of drug-likeness (QED) is 0.602. The summed E-state index contributed by atoms with van der Waals surface area (Å²) in [6, 6.07) is 7.53. The number of benzene rings is 1. The zero-order chi connectivity index (χ0) is 20.4. The van der Waals surface area contributed by atoms with Crippen LogP contribution in [-0.4, -0.2) is 34.5 Å². The molecule has 0 aliphatic carbocycles. The highest BCUT2D eigenvalue weighted by Crippen LogP contribution is 2.29. The lowest BCUT2D eigenvalue weighted by atomic mass is 10.1. The molecule has 0 aliphatic heterocycles. The molecule has 3 aromatic rings. The Morgan fingerprint density at radius 1 is 1.43 bits per heavy atom. The first kappa shape index (κ1) is 20.5. The molecule has 0 radical (unpaired) electrons. The van der Waals surface area contributed by atoms with Crippen LogP contribution in [0.25, 0.3) is 10.2 Å². The molecule has 0 fully saturated rings. The van der Waals surface area contributed by atoms with E-state index >= 15 is 0 Å². The van der Waals surface area contributed by atoms with E-state index in [9.17, 15) is 9.59 Å². The number of carbonyl (C=O) groups excluding carboxylic acids is 1. The number of nitrogens with zero attached hydrogens (tertiary/aromatic N) is 2. The maximum atomic E-state index is 12.7. The lowest BCUT2D eigenvalue weighted by Crippen LogP contribution is -2.25. The van der Waals surface area contributed by atoms with Crippen molar-refractivity contribution in [2.24, 2.45) is 0 Å². The maximum Gasteiger partial charge on any atom is 0.348 e. The van der Waals surface area contributed by atoms with Crippen LogP contribution in [0.1, 0.15) is 46.5 Å². The van der Waals surface area contributed by atoms with Crippen molar-refractivity contribution < 1.29 is 9.53 Å². The van der Waals surface area contributed by atoms with E-state index in [1.165, 1.54) is 11.3 Å². The number of hydrogen-bond donors (Lipinski definition) is 1. The van der Waals surface area contributed by atoms with Gasteiger partial charge in [0.25, 0.3) is 5.56 Å². The maximum absolute atomic E-state index is 12.7. The van der Waals surface area contributed by atoms with Crippen LogP contribution >= 0.6 is 22.9 Å². The first-order valence-electron chi connectivity index (χ1n) is 8.97. The van der Waals surface area contributed by atoms with Gasteiger partial charge in [-0.1, -0.05) is 23.7 Å². The molecule has 2 heterocycles.